The fourth-order valence-electron chi connectivity index (χ4n) is 1.51. The first-order chi connectivity index (χ1) is 8.51. The Kier molecular flexibility index (Phi) is 5.04. The highest BCUT2D eigenvalue weighted by Gasteiger charge is 2.28. The zero-order chi connectivity index (χ0) is 14.8. The molecule has 0 bridgehead atoms. The molecule has 4 heteroatoms. The second kappa shape index (κ2) is 5.81. The summed E-state index contributed by atoms with van der Waals surface area (Å²) < 4.78 is 14.9. The van der Waals surface area contributed by atoms with E-state index in [1.165, 1.54) is 0 Å². The van der Waals surface area contributed by atoms with Crippen molar-refractivity contribution < 1.29 is 4.55 Å². The lowest BCUT2D eigenvalue weighted by Crippen LogP contribution is -2.40. The quantitative estimate of drug-likeness (QED) is 0.863. The van der Waals surface area contributed by atoms with E-state index in [1.807, 2.05) is 40.0 Å². The van der Waals surface area contributed by atoms with Gasteiger partial charge in [0.1, 0.15) is 4.75 Å². The number of pyridine rings is 1. The molecule has 0 amide bonds. The minimum absolute atomic E-state index is 0.0292. The van der Waals surface area contributed by atoms with Gasteiger partial charge in [-0.15, -0.1) is 4.72 Å². The lowest BCUT2D eigenvalue weighted by molar-refractivity contribution is 0.530. The van der Waals surface area contributed by atoms with Gasteiger partial charge in [0.25, 0.3) is 0 Å². The number of hydrogen-bond acceptors (Lipinski definition) is 3. The summed E-state index contributed by atoms with van der Waals surface area (Å²) in [6.07, 6.45) is 1.87. The van der Waals surface area contributed by atoms with Crippen LogP contribution >= 0.6 is 0 Å². The lowest BCUT2D eigenvalue weighted by atomic mass is 9.91. The molecule has 108 valence electrons. The summed E-state index contributed by atoms with van der Waals surface area (Å²) in [4.78, 5) is 4.50. The Morgan fingerprint density at radius 3 is 2.11 bits per heavy atom. The Morgan fingerprint density at radius 2 is 1.74 bits per heavy atom. The van der Waals surface area contributed by atoms with Crippen molar-refractivity contribution in [3.05, 3.63) is 29.6 Å². The Hall–Kier alpha value is -0.580. The average Bonchev–Trinajstić information content (AvgIpc) is 2.26. The van der Waals surface area contributed by atoms with E-state index in [-0.39, 0.29) is 16.2 Å². The highest BCUT2D eigenvalue weighted by Crippen LogP contribution is 2.23. The van der Waals surface area contributed by atoms with Gasteiger partial charge in [-0.05, 0) is 39.3 Å². The third-order valence-electron chi connectivity index (χ3n) is 2.89. The molecule has 1 aromatic rings. The van der Waals surface area contributed by atoms with Gasteiger partial charge in [0.05, 0.1) is 6.04 Å². The van der Waals surface area contributed by atoms with Crippen LogP contribution in [0.15, 0.2) is 18.3 Å². The van der Waals surface area contributed by atoms with Crippen molar-refractivity contribution in [1.82, 2.24) is 9.71 Å². The Bertz CT molecular complexity index is 404. The maximum Gasteiger partial charge on any atom is 0.136 e. The number of hydrogen-bond donors (Lipinski definition) is 1. The molecule has 0 radical (unpaired) electrons. The van der Waals surface area contributed by atoms with Crippen molar-refractivity contribution in [2.45, 2.75) is 64.7 Å². The molecule has 0 fully saturated rings. The Balaban J connectivity index is 2.76. The highest BCUT2D eigenvalue weighted by molar-refractivity contribution is 7.90. The first-order valence-electron chi connectivity index (χ1n) is 6.66. The first-order valence-corrected chi connectivity index (χ1v) is 7.81. The van der Waals surface area contributed by atoms with Crippen LogP contribution in [0.3, 0.4) is 0 Å². The fourth-order valence-corrected chi connectivity index (χ4v) is 2.32. The fraction of sp³-hybridized carbons (Fsp3) is 0.667. The van der Waals surface area contributed by atoms with Gasteiger partial charge in [0.15, 0.2) is 0 Å². The summed E-state index contributed by atoms with van der Waals surface area (Å²) in [5.41, 5.74) is 2.19. The van der Waals surface area contributed by atoms with Crippen molar-refractivity contribution in [3.63, 3.8) is 0 Å². The van der Waals surface area contributed by atoms with E-state index in [0.717, 1.165) is 11.3 Å². The Morgan fingerprint density at radius 1 is 1.16 bits per heavy atom. The van der Waals surface area contributed by atoms with Crippen LogP contribution in [-0.2, 0) is 16.8 Å². The second-order valence-corrected chi connectivity index (χ2v) is 8.95. The third-order valence-corrected chi connectivity index (χ3v) is 4.57. The van der Waals surface area contributed by atoms with E-state index in [1.54, 1.807) is 0 Å². The van der Waals surface area contributed by atoms with Gasteiger partial charge >= 0.3 is 0 Å². The molecule has 0 aromatic carbocycles. The highest BCUT2D eigenvalue weighted by atomic mass is 32.2. The van der Waals surface area contributed by atoms with E-state index in [2.05, 4.69) is 36.5 Å². The van der Waals surface area contributed by atoms with E-state index in [0.29, 0.717) is 0 Å². The van der Waals surface area contributed by atoms with Crippen molar-refractivity contribution in [1.29, 1.82) is 0 Å². The molecule has 1 heterocycles. The Labute approximate surface area is 120 Å². The molecule has 0 aliphatic carbocycles. The van der Waals surface area contributed by atoms with Crippen molar-refractivity contribution in [3.8, 4) is 0 Å². The predicted octanol–water partition coefficient (Wildman–Crippen LogP) is 3.49. The summed E-state index contributed by atoms with van der Waals surface area (Å²) in [7, 11) is 0. The van der Waals surface area contributed by atoms with E-state index >= 15 is 0 Å². The van der Waals surface area contributed by atoms with Crippen molar-refractivity contribution in [2.75, 3.05) is 0 Å². The minimum atomic E-state index is -1.07. The topological polar surface area (TPSA) is 48.0 Å². The van der Waals surface area contributed by atoms with E-state index < -0.39 is 11.4 Å². The van der Waals surface area contributed by atoms with Gasteiger partial charge < -0.3 is 4.55 Å². The van der Waals surface area contributed by atoms with Gasteiger partial charge in [-0.3, -0.25) is 4.98 Å². The number of nitrogens with zero attached hydrogens (tertiary/aromatic N) is 1. The summed E-state index contributed by atoms with van der Waals surface area (Å²) in [5.74, 6) is 0. The lowest BCUT2D eigenvalue weighted by Gasteiger charge is -2.26. The van der Waals surface area contributed by atoms with E-state index in [9.17, 15) is 4.55 Å². The molecule has 1 rings (SSSR count). The molecule has 19 heavy (non-hydrogen) atoms. The molecule has 2 atom stereocenters. The molecule has 0 spiro atoms. The summed E-state index contributed by atoms with van der Waals surface area (Å²) in [5, 5.41) is 0. The second-order valence-electron chi connectivity index (χ2n) is 6.95. The van der Waals surface area contributed by atoms with Crippen LogP contribution in [-0.4, -0.2) is 14.3 Å². The van der Waals surface area contributed by atoms with Gasteiger partial charge in [-0.1, -0.05) is 26.8 Å². The third kappa shape index (κ3) is 4.79. The molecule has 3 nitrogen and oxygen atoms in total. The SMILES string of the molecule is C[C@H](N[S+]([O-])C(C)(C)C)c1ccc(C(C)(C)C)nc1. The smallest absolute Gasteiger partial charge is 0.136 e. The molecule has 1 N–H and O–H groups in total. The summed E-state index contributed by atoms with van der Waals surface area (Å²) in [6.45, 7) is 14.3. The van der Waals surface area contributed by atoms with Crippen LogP contribution in [0.5, 0.6) is 0 Å². The van der Waals surface area contributed by atoms with Crippen molar-refractivity contribution >= 4 is 11.4 Å². The zero-order valence-corrected chi connectivity index (χ0v) is 13.9. The number of nitrogens with one attached hydrogen (secondary N) is 1. The first kappa shape index (κ1) is 16.5. The summed E-state index contributed by atoms with van der Waals surface area (Å²) in [6, 6.07) is 4.14. The van der Waals surface area contributed by atoms with Crippen LogP contribution in [0, 0.1) is 0 Å². The van der Waals surface area contributed by atoms with Crippen LogP contribution in [0.2, 0.25) is 0 Å². The van der Waals surface area contributed by atoms with Gasteiger partial charge in [0.2, 0.25) is 0 Å². The largest absolute Gasteiger partial charge is 0.598 e. The van der Waals surface area contributed by atoms with Crippen LogP contribution in [0.25, 0.3) is 0 Å². The van der Waals surface area contributed by atoms with Gasteiger partial charge in [-0.2, -0.15) is 0 Å². The molecular weight excluding hydrogens is 256 g/mol. The maximum absolute atomic E-state index is 12.1. The van der Waals surface area contributed by atoms with Crippen LogP contribution in [0.1, 0.15) is 65.8 Å². The number of aromatic nitrogens is 1. The predicted molar refractivity (Wildman–Crippen MR) is 82.4 cm³/mol. The number of rotatable bonds is 3. The standard InChI is InChI=1S/C15H26N2OS/c1-11(17-19(18)15(5,6)7)12-8-9-13(16-10-12)14(2,3)4/h8-11,17H,1-7H3/t11-,19?/m0/s1. The molecule has 0 aliphatic heterocycles. The molecule has 0 saturated carbocycles. The van der Waals surface area contributed by atoms with E-state index in [4.69, 9.17) is 0 Å². The van der Waals surface area contributed by atoms with Gasteiger partial charge in [0, 0.05) is 28.7 Å². The zero-order valence-electron chi connectivity index (χ0n) is 13.1. The average molecular weight is 282 g/mol. The minimum Gasteiger partial charge on any atom is -0.598 e. The van der Waals surface area contributed by atoms with Crippen molar-refractivity contribution in [2.24, 2.45) is 0 Å². The maximum atomic E-state index is 12.1. The molecule has 0 aliphatic rings. The molecular formula is C15H26N2OS. The van der Waals surface area contributed by atoms with Gasteiger partial charge in [-0.25, -0.2) is 0 Å². The van der Waals surface area contributed by atoms with Crippen LogP contribution < -0.4 is 4.72 Å². The normalized spacial score (nSPS) is 16.2. The molecule has 1 unspecified atom stereocenters. The van der Waals surface area contributed by atoms with Crippen LogP contribution in [0.4, 0.5) is 0 Å². The molecule has 0 saturated heterocycles. The molecule has 1 aromatic heterocycles. The summed E-state index contributed by atoms with van der Waals surface area (Å²) >= 11 is -1.07. The monoisotopic (exact) mass is 282 g/mol.